The molecule has 2 fully saturated rings. The summed E-state index contributed by atoms with van der Waals surface area (Å²) in [6.07, 6.45) is 17.2. The third kappa shape index (κ3) is 11.5. The summed E-state index contributed by atoms with van der Waals surface area (Å²) in [6.45, 7) is 2.80. The Labute approximate surface area is 280 Å². The molecule has 230 valence electrons. The minimum atomic E-state index is -1.24. The van der Waals surface area contributed by atoms with E-state index in [0.29, 0.717) is 23.8 Å². The van der Waals surface area contributed by atoms with E-state index in [1.54, 1.807) is 11.8 Å². The van der Waals surface area contributed by atoms with Gasteiger partial charge in [0, 0.05) is 29.2 Å². The Morgan fingerprint density at radius 1 is 0.953 bits per heavy atom. The summed E-state index contributed by atoms with van der Waals surface area (Å²) < 4.78 is 0. The van der Waals surface area contributed by atoms with Crippen molar-refractivity contribution in [2.24, 2.45) is 5.92 Å². The Balaban J connectivity index is 0.00000506. The molecular weight excluding hydrogens is 567 g/mol. The largest absolute Gasteiger partial charge is 1.00 e. The average Bonchev–Trinajstić information content (AvgIpc) is 3.01. The van der Waals surface area contributed by atoms with E-state index >= 15 is 0 Å². The van der Waals surface area contributed by atoms with Gasteiger partial charge in [0.05, 0.1) is 12.0 Å². The molecule has 4 rings (SSSR count). The summed E-state index contributed by atoms with van der Waals surface area (Å²) in [6, 6.07) is 13.5. The molecule has 0 aromatic heterocycles. The van der Waals surface area contributed by atoms with Crippen LogP contribution in [0.15, 0.2) is 42.5 Å². The Bertz CT molecular complexity index is 1150. The normalized spacial score (nSPS) is 17.5. The van der Waals surface area contributed by atoms with E-state index in [1.165, 1.54) is 70.6 Å². The molecule has 2 aromatic rings. The number of amides is 1. The molecule has 2 N–H and O–H groups in total. The number of hydrogen-bond donors (Lipinski definition) is 2. The van der Waals surface area contributed by atoms with E-state index in [4.69, 9.17) is 0 Å². The van der Waals surface area contributed by atoms with Gasteiger partial charge in [-0.25, -0.2) is 0 Å². The molecule has 43 heavy (non-hydrogen) atoms. The fourth-order valence-corrected chi connectivity index (χ4v) is 8.40. The van der Waals surface area contributed by atoms with Gasteiger partial charge in [-0.15, -0.1) is 0 Å². The van der Waals surface area contributed by atoms with Crippen LogP contribution in [0, 0.1) is 12.8 Å². The van der Waals surface area contributed by atoms with E-state index in [0.717, 1.165) is 45.7 Å². The summed E-state index contributed by atoms with van der Waals surface area (Å²) >= 11 is 3.73. The monoisotopic (exact) mass is 616 g/mol. The van der Waals surface area contributed by atoms with Crippen molar-refractivity contribution < 1.29 is 33.6 Å². The van der Waals surface area contributed by atoms with Gasteiger partial charge in [-0.3, -0.25) is 4.79 Å². The number of aryl methyl sites for hydroxylation is 1. The average molecular weight is 617 g/mol. The van der Waals surface area contributed by atoms with Crippen molar-refractivity contribution in [2.45, 2.75) is 108 Å². The zero-order chi connectivity index (χ0) is 29.7. The number of aliphatic carboxylic acids is 1. The van der Waals surface area contributed by atoms with Crippen LogP contribution in [0.4, 0.5) is 0 Å². The molecule has 0 radical (unpaired) electrons. The van der Waals surface area contributed by atoms with Crippen molar-refractivity contribution in [1.29, 1.82) is 0 Å². The SMILES string of the molecule is CSCCC(NC(=O)c1ccc(CNC(CSC2CCCCC2)CC2CCCCC2)cc1-c1ccccc1C)C(=O)[O-].[Li+]. The Kier molecular flexibility index (Phi) is 16.1. The third-order valence-electron chi connectivity index (χ3n) is 8.99. The molecule has 0 saturated heterocycles. The van der Waals surface area contributed by atoms with Crippen molar-refractivity contribution in [3.8, 4) is 11.1 Å². The molecule has 0 aliphatic heterocycles. The second-order valence-electron chi connectivity index (χ2n) is 12.2. The fraction of sp³-hybridized carbons (Fsp3) is 0.600. The molecule has 2 atom stereocenters. The molecular formula is C35H49LiN2O3S2. The van der Waals surface area contributed by atoms with Crippen molar-refractivity contribution >= 4 is 35.4 Å². The topological polar surface area (TPSA) is 81.3 Å². The Morgan fingerprint density at radius 3 is 2.33 bits per heavy atom. The first-order valence-corrected chi connectivity index (χ1v) is 18.4. The van der Waals surface area contributed by atoms with Gasteiger partial charge in [0.15, 0.2) is 0 Å². The maximum absolute atomic E-state index is 13.4. The number of carboxylic acids is 1. The molecule has 2 aromatic carbocycles. The number of thioether (sulfide) groups is 2. The first kappa shape index (κ1) is 36.1. The number of rotatable bonds is 15. The molecule has 2 aliphatic carbocycles. The van der Waals surface area contributed by atoms with Crippen LogP contribution in [0.1, 0.15) is 98.5 Å². The van der Waals surface area contributed by atoms with E-state index < -0.39 is 12.0 Å². The first-order chi connectivity index (χ1) is 20.4. The molecule has 8 heteroatoms. The molecule has 0 bridgehead atoms. The summed E-state index contributed by atoms with van der Waals surface area (Å²) in [4.78, 5) is 25.2. The van der Waals surface area contributed by atoms with E-state index in [1.807, 2.05) is 49.6 Å². The van der Waals surface area contributed by atoms with Gasteiger partial charge in [-0.2, -0.15) is 23.5 Å². The number of benzene rings is 2. The van der Waals surface area contributed by atoms with Gasteiger partial charge >= 0.3 is 18.9 Å². The zero-order valence-corrected chi connectivity index (χ0v) is 28.1. The van der Waals surface area contributed by atoms with Crippen molar-refractivity contribution in [1.82, 2.24) is 10.6 Å². The predicted molar refractivity (Wildman–Crippen MR) is 177 cm³/mol. The zero-order valence-electron chi connectivity index (χ0n) is 26.5. The Hall–Kier alpha value is -1.36. The van der Waals surface area contributed by atoms with Crippen LogP contribution in [0.2, 0.25) is 0 Å². The van der Waals surface area contributed by atoms with E-state index in [-0.39, 0.29) is 24.8 Å². The molecule has 0 spiro atoms. The maximum Gasteiger partial charge on any atom is 1.00 e. The van der Waals surface area contributed by atoms with Crippen molar-refractivity contribution in [2.75, 3.05) is 17.8 Å². The number of carbonyl (C=O) groups is 2. The molecule has 5 nitrogen and oxygen atoms in total. The summed E-state index contributed by atoms with van der Waals surface area (Å²) in [5.41, 5.74) is 4.54. The number of hydrogen-bond acceptors (Lipinski definition) is 6. The number of carboxylic acid groups (broad SMARTS) is 1. The van der Waals surface area contributed by atoms with Gasteiger partial charge in [-0.05, 0) is 84.9 Å². The Morgan fingerprint density at radius 2 is 1.65 bits per heavy atom. The minimum absolute atomic E-state index is 0. The molecule has 2 aliphatic rings. The van der Waals surface area contributed by atoms with E-state index in [9.17, 15) is 14.7 Å². The first-order valence-electron chi connectivity index (χ1n) is 16.0. The predicted octanol–water partition coefficient (Wildman–Crippen LogP) is 3.76. The summed E-state index contributed by atoms with van der Waals surface area (Å²) in [5.74, 6) is 0.995. The van der Waals surface area contributed by atoms with E-state index in [2.05, 4.69) is 28.5 Å². The molecule has 2 saturated carbocycles. The van der Waals surface area contributed by atoms with Crippen molar-refractivity contribution in [3.05, 3.63) is 59.2 Å². The van der Waals surface area contributed by atoms with Crippen LogP contribution in [-0.4, -0.2) is 47.0 Å². The van der Waals surface area contributed by atoms with Crippen LogP contribution in [-0.2, 0) is 11.3 Å². The minimum Gasteiger partial charge on any atom is -0.548 e. The van der Waals surface area contributed by atoms with Gasteiger partial charge < -0.3 is 20.5 Å². The standard InChI is InChI=1S/C35H50N2O3S2.Li/c1-25-11-9-10-16-30(25)32-22-27(17-18-31(32)34(38)37-33(35(39)40)19-20-41-2)23-36-28(21-26-12-5-3-6-13-26)24-42-29-14-7-4-8-15-29;/h9-11,16-18,22,26,28-29,33,36H,3-8,12-15,19-21,23-24H2,1-2H3,(H,37,38)(H,39,40);/q;+1/p-1. The van der Waals surface area contributed by atoms with Crippen LogP contribution >= 0.6 is 23.5 Å². The van der Waals surface area contributed by atoms with Gasteiger partial charge in [0.25, 0.3) is 5.91 Å². The number of nitrogens with one attached hydrogen (secondary N) is 2. The van der Waals surface area contributed by atoms with Gasteiger partial charge in [0.2, 0.25) is 0 Å². The second-order valence-corrected chi connectivity index (χ2v) is 14.6. The summed E-state index contributed by atoms with van der Waals surface area (Å²) in [7, 11) is 0. The van der Waals surface area contributed by atoms with Crippen LogP contribution in [0.25, 0.3) is 11.1 Å². The number of carbonyl (C=O) groups excluding carboxylic acids is 2. The second kappa shape index (κ2) is 19.2. The van der Waals surface area contributed by atoms with Crippen LogP contribution in [0.5, 0.6) is 0 Å². The molecule has 0 heterocycles. The van der Waals surface area contributed by atoms with Crippen molar-refractivity contribution in [3.63, 3.8) is 0 Å². The molecule has 2 unspecified atom stereocenters. The van der Waals surface area contributed by atoms with Gasteiger partial charge in [0.1, 0.15) is 0 Å². The molecule has 1 amide bonds. The fourth-order valence-electron chi connectivity index (χ4n) is 6.50. The third-order valence-corrected chi connectivity index (χ3v) is 11.2. The summed E-state index contributed by atoms with van der Waals surface area (Å²) in [5, 5.41) is 19.2. The smallest absolute Gasteiger partial charge is 0.548 e. The maximum atomic E-state index is 13.4. The van der Waals surface area contributed by atoms with Crippen LogP contribution < -0.4 is 34.6 Å². The quantitative estimate of drug-likeness (QED) is 0.297. The van der Waals surface area contributed by atoms with Crippen LogP contribution in [0.3, 0.4) is 0 Å². The van der Waals surface area contributed by atoms with Gasteiger partial charge in [-0.1, -0.05) is 81.7 Å².